The molecule has 4 nitrogen and oxygen atoms in total. The molecule has 24 heavy (non-hydrogen) atoms. The summed E-state index contributed by atoms with van der Waals surface area (Å²) in [5.41, 5.74) is 3.11. The molecule has 0 amide bonds. The Morgan fingerprint density at radius 2 is 1.58 bits per heavy atom. The van der Waals surface area contributed by atoms with Gasteiger partial charge in [0.1, 0.15) is 5.75 Å². The third-order valence-electron chi connectivity index (χ3n) is 3.84. The number of rotatable bonds is 4. The summed E-state index contributed by atoms with van der Waals surface area (Å²) in [4.78, 5) is 0. The van der Waals surface area contributed by atoms with Gasteiger partial charge in [0.25, 0.3) is 5.89 Å². The molecular weight excluding hydrogens is 300 g/mol. The molecular formula is C20H22N2O2. The van der Waals surface area contributed by atoms with Crippen LogP contribution in [-0.4, -0.2) is 16.8 Å². The van der Waals surface area contributed by atoms with Gasteiger partial charge < -0.3 is 9.15 Å². The lowest BCUT2D eigenvalue weighted by Crippen LogP contribution is -2.10. The fourth-order valence-electron chi connectivity index (χ4n) is 2.49. The maximum Gasteiger partial charge on any atom is 0.251 e. The van der Waals surface area contributed by atoms with Crippen molar-refractivity contribution in [3.05, 3.63) is 54.1 Å². The van der Waals surface area contributed by atoms with Gasteiger partial charge in [0.2, 0.25) is 5.89 Å². The normalized spacial score (nSPS) is 11.5. The van der Waals surface area contributed by atoms with Crippen molar-refractivity contribution >= 4 is 0 Å². The third kappa shape index (κ3) is 3.32. The van der Waals surface area contributed by atoms with Crippen LogP contribution in [0, 0.1) is 0 Å². The maximum atomic E-state index is 5.87. The molecule has 0 radical (unpaired) electrons. The van der Waals surface area contributed by atoms with Crippen LogP contribution in [0.15, 0.2) is 52.9 Å². The van der Waals surface area contributed by atoms with Crippen LogP contribution in [0.3, 0.4) is 0 Å². The second-order valence-electron chi connectivity index (χ2n) is 6.67. The molecule has 0 unspecified atom stereocenters. The summed E-state index contributed by atoms with van der Waals surface area (Å²) in [6, 6.07) is 15.9. The van der Waals surface area contributed by atoms with Gasteiger partial charge in [-0.3, -0.25) is 0 Å². The number of nitrogens with zero attached hydrogens (tertiary/aromatic N) is 2. The van der Waals surface area contributed by atoms with E-state index in [2.05, 4.69) is 43.1 Å². The smallest absolute Gasteiger partial charge is 0.251 e. The lowest BCUT2D eigenvalue weighted by molar-refractivity contribution is 0.340. The van der Waals surface area contributed by atoms with E-state index in [-0.39, 0.29) is 5.41 Å². The molecule has 0 fully saturated rings. The average molecular weight is 322 g/mol. The first-order valence-electron chi connectivity index (χ1n) is 8.15. The monoisotopic (exact) mass is 322 g/mol. The van der Waals surface area contributed by atoms with E-state index in [1.165, 1.54) is 5.56 Å². The Kier molecular flexibility index (Phi) is 4.38. The second kappa shape index (κ2) is 6.48. The summed E-state index contributed by atoms with van der Waals surface area (Å²) < 4.78 is 11.5. The first-order chi connectivity index (χ1) is 11.5. The summed E-state index contributed by atoms with van der Waals surface area (Å²) in [5, 5.41) is 8.36. The Morgan fingerprint density at radius 3 is 2.25 bits per heavy atom. The molecule has 0 aliphatic heterocycles. The zero-order chi connectivity index (χ0) is 17.2. The number of benzene rings is 2. The molecule has 0 aliphatic rings. The van der Waals surface area contributed by atoms with Gasteiger partial charge in [-0.15, -0.1) is 10.2 Å². The number of hydrogen-bond donors (Lipinski definition) is 0. The Hall–Kier alpha value is -2.62. The highest BCUT2D eigenvalue weighted by Crippen LogP contribution is 2.31. The summed E-state index contributed by atoms with van der Waals surface area (Å²) in [5.74, 6) is 1.73. The van der Waals surface area contributed by atoms with E-state index in [9.17, 15) is 0 Å². The first kappa shape index (κ1) is 16.2. The summed E-state index contributed by atoms with van der Waals surface area (Å²) in [6.45, 7) is 9.12. The van der Waals surface area contributed by atoms with Crippen LogP contribution < -0.4 is 4.74 Å². The van der Waals surface area contributed by atoms with Crippen LogP contribution in [0.5, 0.6) is 5.75 Å². The van der Waals surface area contributed by atoms with E-state index in [4.69, 9.17) is 9.15 Å². The largest absolute Gasteiger partial charge is 0.493 e. The number of aromatic nitrogens is 2. The van der Waals surface area contributed by atoms with Gasteiger partial charge in [0.05, 0.1) is 12.2 Å². The van der Waals surface area contributed by atoms with Crippen LogP contribution in [0.1, 0.15) is 33.3 Å². The van der Waals surface area contributed by atoms with Gasteiger partial charge in [-0.1, -0.05) is 45.0 Å². The van der Waals surface area contributed by atoms with Crippen LogP contribution >= 0.6 is 0 Å². The molecule has 1 heterocycles. The van der Waals surface area contributed by atoms with Crippen LogP contribution in [0.4, 0.5) is 0 Å². The van der Waals surface area contributed by atoms with Gasteiger partial charge in [-0.05, 0) is 42.2 Å². The van der Waals surface area contributed by atoms with E-state index in [1.54, 1.807) is 0 Å². The van der Waals surface area contributed by atoms with Crippen molar-refractivity contribution in [2.24, 2.45) is 0 Å². The topological polar surface area (TPSA) is 48.2 Å². The summed E-state index contributed by atoms with van der Waals surface area (Å²) >= 11 is 0. The fraction of sp³-hybridized carbons (Fsp3) is 0.300. The Morgan fingerprint density at radius 1 is 0.917 bits per heavy atom. The van der Waals surface area contributed by atoms with E-state index < -0.39 is 0 Å². The second-order valence-corrected chi connectivity index (χ2v) is 6.67. The lowest BCUT2D eigenvalue weighted by atomic mass is 9.87. The predicted molar refractivity (Wildman–Crippen MR) is 95.0 cm³/mol. The minimum atomic E-state index is 0.120. The molecule has 0 atom stereocenters. The predicted octanol–water partition coefficient (Wildman–Crippen LogP) is 5.10. The molecule has 4 heteroatoms. The molecule has 0 saturated heterocycles. The van der Waals surface area contributed by atoms with Crippen molar-refractivity contribution in [1.82, 2.24) is 10.2 Å². The summed E-state index contributed by atoms with van der Waals surface area (Å²) in [6.07, 6.45) is 0. The summed E-state index contributed by atoms with van der Waals surface area (Å²) in [7, 11) is 0. The van der Waals surface area contributed by atoms with E-state index in [0.29, 0.717) is 18.4 Å². The van der Waals surface area contributed by atoms with Gasteiger partial charge in [-0.25, -0.2) is 0 Å². The lowest BCUT2D eigenvalue weighted by Gasteiger charge is -2.18. The minimum absolute atomic E-state index is 0.120. The molecule has 0 spiro atoms. The number of ether oxygens (including phenoxy) is 1. The van der Waals surface area contributed by atoms with Gasteiger partial charge in [0.15, 0.2) is 0 Å². The average Bonchev–Trinajstić information content (AvgIpc) is 3.05. The quantitative estimate of drug-likeness (QED) is 0.670. The zero-order valence-corrected chi connectivity index (χ0v) is 14.5. The highest BCUT2D eigenvalue weighted by molar-refractivity contribution is 5.64. The van der Waals surface area contributed by atoms with Gasteiger partial charge in [-0.2, -0.15) is 0 Å². The van der Waals surface area contributed by atoms with Crippen molar-refractivity contribution in [1.29, 1.82) is 0 Å². The molecule has 0 N–H and O–H groups in total. The van der Waals surface area contributed by atoms with E-state index >= 15 is 0 Å². The molecule has 0 saturated carbocycles. The number of hydrogen-bond acceptors (Lipinski definition) is 4. The molecule has 0 bridgehead atoms. The maximum absolute atomic E-state index is 5.87. The Balaban J connectivity index is 1.91. The van der Waals surface area contributed by atoms with Crippen LogP contribution in [0.2, 0.25) is 0 Å². The Bertz CT molecular complexity index is 814. The van der Waals surface area contributed by atoms with Crippen molar-refractivity contribution in [3.63, 3.8) is 0 Å². The molecule has 3 rings (SSSR count). The van der Waals surface area contributed by atoms with Gasteiger partial charge in [0, 0.05) is 5.56 Å². The third-order valence-corrected chi connectivity index (χ3v) is 3.84. The van der Waals surface area contributed by atoms with E-state index in [0.717, 1.165) is 16.9 Å². The SMILES string of the molecule is CCOc1ccccc1-c1nnc(-c2ccc(C(C)(C)C)cc2)o1. The van der Waals surface area contributed by atoms with Crippen molar-refractivity contribution in [3.8, 4) is 28.7 Å². The highest BCUT2D eigenvalue weighted by Gasteiger charge is 2.16. The van der Waals surface area contributed by atoms with Crippen LogP contribution in [-0.2, 0) is 5.41 Å². The fourth-order valence-corrected chi connectivity index (χ4v) is 2.49. The number of para-hydroxylation sites is 1. The standard InChI is InChI=1S/C20H22N2O2/c1-5-23-17-9-7-6-8-16(17)19-22-21-18(24-19)14-10-12-15(13-11-14)20(2,3)4/h6-13H,5H2,1-4H3. The van der Waals surface area contributed by atoms with Crippen molar-refractivity contribution in [2.45, 2.75) is 33.1 Å². The van der Waals surface area contributed by atoms with Crippen LogP contribution in [0.25, 0.3) is 22.9 Å². The molecule has 1 aromatic heterocycles. The molecule has 0 aliphatic carbocycles. The van der Waals surface area contributed by atoms with Gasteiger partial charge >= 0.3 is 0 Å². The van der Waals surface area contributed by atoms with Crippen molar-refractivity contribution < 1.29 is 9.15 Å². The van der Waals surface area contributed by atoms with Crippen molar-refractivity contribution in [2.75, 3.05) is 6.61 Å². The molecule has 3 aromatic rings. The zero-order valence-electron chi connectivity index (χ0n) is 14.5. The Labute approximate surface area is 142 Å². The van der Waals surface area contributed by atoms with E-state index in [1.807, 2.05) is 43.3 Å². The first-order valence-corrected chi connectivity index (χ1v) is 8.15. The highest BCUT2D eigenvalue weighted by atomic mass is 16.5. The minimum Gasteiger partial charge on any atom is -0.493 e. The molecule has 124 valence electrons. The molecule has 2 aromatic carbocycles.